The van der Waals surface area contributed by atoms with Gasteiger partial charge in [-0.05, 0) is 45.1 Å². The smallest absolute Gasteiger partial charge is 0.358 e. The van der Waals surface area contributed by atoms with Crippen molar-refractivity contribution in [3.8, 4) is 0 Å². The highest BCUT2D eigenvalue weighted by Crippen LogP contribution is 2.29. The van der Waals surface area contributed by atoms with Crippen molar-refractivity contribution < 1.29 is 19.1 Å². The predicted molar refractivity (Wildman–Crippen MR) is 132 cm³/mol. The van der Waals surface area contributed by atoms with Crippen molar-refractivity contribution in [2.75, 3.05) is 13.2 Å². The van der Waals surface area contributed by atoms with Crippen LogP contribution in [0, 0.1) is 0 Å². The molecule has 4 rings (SSSR count). The van der Waals surface area contributed by atoms with Gasteiger partial charge in [0.1, 0.15) is 11.2 Å². The first-order chi connectivity index (χ1) is 16.9. The number of nitrogens with zero attached hydrogens (tertiary/aromatic N) is 3. The van der Waals surface area contributed by atoms with E-state index in [-0.39, 0.29) is 36.7 Å². The Labute approximate surface area is 207 Å². The molecule has 1 fully saturated rings. The molecule has 0 radical (unpaired) electrons. The lowest BCUT2D eigenvalue weighted by molar-refractivity contribution is -0.134. The van der Waals surface area contributed by atoms with Crippen LogP contribution in [0.5, 0.6) is 0 Å². The van der Waals surface area contributed by atoms with Crippen molar-refractivity contribution in [2.24, 2.45) is 0 Å². The van der Waals surface area contributed by atoms with E-state index in [1.807, 2.05) is 25.1 Å². The molecule has 0 bridgehead atoms. The van der Waals surface area contributed by atoms with Gasteiger partial charge in [-0.1, -0.05) is 56.0 Å². The van der Waals surface area contributed by atoms with Gasteiger partial charge >= 0.3 is 5.97 Å². The first kappa shape index (κ1) is 24.9. The summed E-state index contributed by atoms with van der Waals surface area (Å²) in [4.78, 5) is 41.3. The lowest BCUT2D eigenvalue weighted by Crippen LogP contribution is -2.65. The molecule has 2 aliphatic rings. The van der Waals surface area contributed by atoms with Gasteiger partial charge in [0.25, 0.3) is 5.91 Å². The molecule has 8 heteroatoms. The average molecular weight is 481 g/mol. The third-order valence-electron chi connectivity index (χ3n) is 7.15. The number of amides is 2. The van der Waals surface area contributed by atoms with E-state index in [1.165, 1.54) is 29.2 Å². The van der Waals surface area contributed by atoms with Crippen molar-refractivity contribution in [1.29, 1.82) is 0 Å². The Balaban J connectivity index is 1.58. The van der Waals surface area contributed by atoms with Crippen LogP contribution in [-0.2, 0) is 22.5 Å². The molecule has 1 aliphatic heterocycles. The van der Waals surface area contributed by atoms with Gasteiger partial charge in [-0.25, -0.2) is 4.79 Å². The van der Waals surface area contributed by atoms with Gasteiger partial charge < -0.3 is 15.0 Å². The number of ether oxygens (including phenoxy) is 1. The normalized spacial score (nSPS) is 20.7. The summed E-state index contributed by atoms with van der Waals surface area (Å²) in [5.41, 5.74) is 0.488. The highest BCUT2D eigenvalue weighted by Gasteiger charge is 2.48. The molecule has 1 N–H and O–H groups in total. The molecule has 1 aromatic heterocycles. The van der Waals surface area contributed by atoms with Crippen LogP contribution in [0.3, 0.4) is 0 Å². The average Bonchev–Trinajstić information content (AvgIpc) is 3.11. The van der Waals surface area contributed by atoms with Crippen LogP contribution in [-0.4, -0.2) is 57.2 Å². The SMILES string of the molecule is CCOC(=O)c1cc2n(n1)C[C@](C)(C(=O)NC1CCCCCC1)N(CCCc1ccccc1)C2=O. The van der Waals surface area contributed by atoms with Crippen LogP contribution >= 0.6 is 0 Å². The summed E-state index contributed by atoms with van der Waals surface area (Å²) in [7, 11) is 0. The standard InChI is InChI=1S/C27H36N4O4/c1-3-35-25(33)22-18-23-24(32)30(17-11-14-20-12-7-6-8-13-20)27(2,19-31(23)29-22)26(34)28-21-15-9-4-5-10-16-21/h6-8,12-13,18,21H,3-5,9-11,14-17,19H2,1-2H3,(H,28,34)/t27-/m1/s1. The molecule has 35 heavy (non-hydrogen) atoms. The van der Waals surface area contributed by atoms with Crippen molar-refractivity contribution in [3.05, 3.63) is 53.3 Å². The highest BCUT2D eigenvalue weighted by molar-refractivity contribution is 6.01. The van der Waals surface area contributed by atoms with E-state index in [0.29, 0.717) is 12.2 Å². The molecule has 2 amide bonds. The fraction of sp³-hybridized carbons (Fsp3) is 0.556. The second-order valence-electron chi connectivity index (χ2n) is 9.77. The largest absolute Gasteiger partial charge is 0.461 e. The summed E-state index contributed by atoms with van der Waals surface area (Å²) in [5, 5.41) is 7.58. The summed E-state index contributed by atoms with van der Waals surface area (Å²) in [5.74, 6) is -1.01. The maximum absolute atomic E-state index is 13.7. The van der Waals surface area contributed by atoms with Gasteiger partial charge in [0.05, 0.1) is 13.2 Å². The topological polar surface area (TPSA) is 93.5 Å². The lowest BCUT2D eigenvalue weighted by Gasteiger charge is -2.44. The Morgan fingerprint density at radius 1 is 1.14 bits per heavy atom. The van der Waals surface area contributed by atoms with E-state index in [4.69, 9.17) is 4.74 Å². The van der Waals surface area contributed by atoms with Crippen molar-refractivity contribution in [1.82, 2.24) is 20.0 Å². The Morgan fingerprint density at radius 3 is 2.54 bits per heavy atom. The second kappa shape index (κ2) is 11.1. The number of esters is 1. The van der Waals surface area contributed by atoms with Crippen LogP contribution in [0.2, 0.25) is 0 Å². The van der Waals surface area contributed by atoms with E-state index in [0.717, 1.165) is 38.5 Å². The number of hydrogen-bond donors (Lipinski definition) is 1. The maximum atomic E-state index is 13.7. The van der Waals surface area contributed by atoms with Crippen molar-refractivity contribution in [3.63, 3.8) is 0 Å². The zero-order valence-corrected chi connectivity index (χ0v) is 20.8. The van der Waals surface area contributed by atoms with Crippen molar-refractivity contribution in [2.45, 2.75) is 83.3 Å². The fourth-order valence-corrected chi connectivity index (χ4v) is 5.15. The molecule has 1 saturated carbocycles. The number of carbonyl (C=O) groups excluding carboxylic acids is 3. The molecule has 1 aliphatic carbocycles. The minimum atomic E-state index is -1.11. The van der Waals surface area contributed by atoms with Crippen LogP contribution in [0.25, 0.3) is 0 Å². The molecular formula is C27H36N4O4. The number of aryl methyl sites for hydroxylation is 1. The second-order valence-corrected chi connectivity index (χ2v) is 9.77. The summed E-state index contributed by atoms with van der Waals surface area (Å²) >= 11 is 0. The van der Waals surface area contributed by atoms with E-state index in [1.54, 1.807) is 11.8 Å². The van der Waals surface area contributed by atoms with E-state index < -0.39 is 11.5 Å². The fourth-order valence-electron chi connectivity index (χ4n) is 5.15. The number of nitrogens with one attached hydrogen (secondary N) is 1. The number of aromatic nitrogens is 2. The Hall–Kier alpha value is -3.16. The third kappa shape index (κ3) is 5.57. The van der Waals surface area contributed by atoms with E-state index in [2.05, 4.69) is 22.5 Å². The molecule has 2 aromatic rings. The van der Waals surface area contributed by atoms with Gasteiger partial charge in [-0.15, -0.1) is 0 Å². The van der Waals surface area contributed by atoms with Gasteiger partial charge in [0.2, 0.25) is 5.91 Å². The van der Waals surface area contributed by atoms with Crippen molar-refractivity contribution >= 4 is 17.8 Å². The number of rotatable bonds is 8. The molecular weight excluding hydrogens is 444 g/mol. The number of benzene rings is 1. The first-order valence-corrected chi connectivity index (χ1v) is 12.8. The summed E-state index contributed by atoms with van der Waals surface area (Å²) in [6.07, 6.45) is 8.05. The van der Waals surface area contributed by atoms with Crippen LogP contribution < -0.4 is 5.32 Å². The lowest BCUT2D eigenvalue weighted by atomic mass is 9.93. The third-order valence-corrected chi connectivity index (χ3v) is 7.15. The molecule has 1 aromatic carbocycles. The summed E-state index contributed by atoms with van der Waals surface area (Å²) in [6.45, 7) is 4.39. The van der Waals surface area contributed by atoms with Gasteiger partial charge in [-0.3, -0.25) is 14.3 Å². The predicted octanol–water partition coefficient (Wildman–Crippen LogP) is 3.75. The number of hydrogen-bond acceptors (Lipinski definition) is 5. The molecule has 0 saturated heterocycles. The zero-order valence-electron chi connectivity index (χ0n) is 20.8. The molecule has 0 spiro atoms. The van der Waals surface area contributed by atoms with Gasteiger partial charge in [-0.2, -0.15) is 5.10 Å². The maximum Gasteiger partial charge on any atom is 0.358 e. The van der Waals surface area contributed by atoms with Gasteiger partial charge in [0.15, 0.2) is 5.69 Å². The minimum absolute atomic E-state index is 0.0906. The van der Waals surface area contributed by atoms with Gasteiger partial charge in [0, 0.05) is 18.7 Å². The van der Waals surface area contributed by atoms with Crippen LogP contribution in [0.1, 0.15) is 85.3 Å². The highest BCUT2D eigenvalue weighted by atomic mass is 16.5. The van der Waals surface area contributed by atoms with Crippen LogP contribution in [0.15, 0.2) is 36.4 Å². The summed E-state index contributed by atoms with van der Waals surface area (Å²) in [6, 6.07) is 11.7. The Kier molecular flexibility index (Phi) is 7.88. The molecule has 8 nitrogen and oxygen atoms in total. The molecule has 0 unspecified atom stereocenters. The first-order valence-electron chi connectivity index (χ1n) is 12.8. The van der Waals surface area contributed by atoms with Crippen LogP contribution in [0.4, 0.5) is 0 Å². The van der Waals surface area contributed by atoms with E-state index in [9.17, 15) is 14.4 Å². The molecule has 2 heterocycles. The zero-order chi connectivity index (χ0) is 24.8. The van der Waals surface area contributed by atoms with E-state index >= 15 is 0 Å². The monoisotopic (exact) mass is 480 g/mol. The Morgan fingerprint density at radius 2 is 1.86 bits per heavy atom. The summed E-state index contributed by atoms with van der Waals surface area (Å²) < 4.78 is 6.57. The molecule has 188 valence electrons. The quantitative estimate of drug-likeness (QED) is 0.459. The number of carbonyl (C=O) groups is 3. The molecule has 1 atom stereocenters. The minimum Gasteiger partial charge on any atom is -0.461 e. The Bertz CT molecular complexity index is 1040. The number of fused-ring (bicyclic) bond motifs is 1.